The van der Waals surface area contributed by atoms with E-state index in [1.54, 1.807) is 12.1 Å². The molecular weight excluding hydrogens is 1250 g/mol. The Hall–Kier alpha value is -6.58. The van der Waals surface area contributed by atoms with Crippen LogP contribution in [0.1, 0.15) is 198 Å². The van der Waals surface area contributed by atoms with Gasteiger partial charge >= 0.3 is 29.6 Å². The Morgan fingerprint density at radius 2 is 1.67 bits per heavy atom. The monoisotopic (exact) mass is 1340 g/mol. The number of aliphatic hydroxyl groups is 3. The Morgan fingerprint density at radius 1 is 0.857 bits per heavy atom. The minimum absolute atomic E-state index is 0. The molecule has 0 aromatic heterocycles. The van der Waals surface area contributed by atoms with Crippen molar-refractivity contribution < 1.29 is 72.4 Å². The third kappa shape index (κ3) is 12.1. The Morgan fingerprint density at radius 3 is 2.47 bits per heavy atom. The van der Waals surface area contributed by atoms with Gasteiger partial charge in [0.2, 0.25) is 5.72 Å². The van der Waals surface area contributed by atoms with Gasteiger partial charge in [-0.1, -0.05) is 140 Å². The first-order valence-electron chi connectivity index (χ1n) is 35.7. The largest absolute Gasteiger partial charge is 1.00 e. The number of allylic oxidation sites excluding steroid dienone is 2. The van der Waals surface area contributed by atoms with Crippen LogP contribution in [0.15, 0.2) is 162 Å². The number of phenols is 1. The second kappa shape index (κ2) is 26.4. The van der Waals surface area contributed by atoms with Crippen LogP contribution in [0.5, 0.6) is 11.5 Å². The number of phenolic OH excluding ortho intramolecular Hbond substituents is 1. The fourth-order valence-electron chi connectivity index (χ4n) is 20.2. The zero-order valence-electron chi connectivity index (χ0n) is 56.5. The van der Waals surface area contributed by atoms with Gasteiger partial charge in [-0.05, 0) is 252 Å². The Bertz CT molecular complexity index is 4520. The molecule has 0 spiro atoms. The first-order chi connectivity index (χ1) is 46.9. The summed E-state index contributed by atoms with van der Waals surface area (Å²) in [5.41, 5.74) is 24.7. The molecule has 12 bridgehead atoms. The van der Waals surface area contributed by atoms with E-state index in [0.717, 1.165) is 95.2 Å². The summed E-state index contributed by atoms with van der Waals surface area (Å²) < 4.78 is 58.3. The summed E-state index contributed by atoms with van der Waals surface area (Å²) in [5, 5.41) is 53.8. The summed E-state index contributed by atoms with van der Waals surface area (Å²) in [6.45, 7) is 2.81. The van der Waals surface area contributed by atoms with Crippen molar-refractivity contribution in [3.8, 4) is 23.3 Å². The van der Waals surface area contributed by atoms with E-state index in [1.165, 1.54) is 33.0 Å². The summed E-state index contributed by atoms with van der Waals surface area (Å²) in [5.74, 6) is 4.73. The molecule has 2 fully saturated rings. The van der Waals surface area contributed by atoms with Gasteiger partial charge in [-0.3, -0.25) is 0 Å². The van der Waals surface area contributed by atoms with Gasteiger partial charge in [0.05, 0.1) is 27.1 Å². The smallest absolute Gasteiger partial charge is 0.748 e. The van der Waals surface area contributed by atoms with Crippen LogP contribution in [-0.2, 0) is 58.4 Å². The third-order valence-corrected chi connectivity index (χ3v) is 26.0. The maximum Gasteiger partial charge on any atom is 1.00 e. The molecule has 15 heteroatoms. The van der Waals surface area contributed by atoms with Gasteiger partial charge in [0, 0.05) is 54.5 Å². The van der Waals surface area contributed by atoms with Gasteiger partial charge in [0.1, 0.15) is 23.2 Å². The van der Waals surface area contributed by atoms with Crippen molar-refractivity contribution in [3.63, 3.8) is 0 Å². The van der Waals surface area contributed by atoms with E-state index in [-0.39, 0.29) is 108 Å². The number of rotatable bonds is 11. The van der Waals surface area contributed by atoms with Crippen LogP contribution in [0.2, 0.25) is 0 Å². The number of nitrogens with two attached hydrogens (primary N) is 2. The summed E-state index contributed by atoms with van der Waals surface area (Å²) in [4.78, 5) is 5.25. The standard InChI is InChI=1S/C83H90N4O9S.Na/c1-48-16-17-54-39-65-25-28-67(54)71(48)43-75(97(92,93)94)72-41-60-37-59(40-66-34-50(47-88)11-6-12-53-38-64(89)24-27-70(53)79(60)95-66)76(72)51-18-22-62(23-19-51)83(96-65,87-80(84)85)45-63(33-49-9-4-3-5-10-49)81(90)31-8-14-58(44-81)52-21-29-73-56(35-52)20-26-69-61(46-86-2)36-57-13-7-15-68-55-30-32-82(73,91)74(42-55)78(69)77(57)68;/h3-5,7,9-10,13,15,18-19,21-25,27-30,32,35-36,38-39,41,48,50,55,58-59,63,66,71-72,74-76,79,86,88-91H,8,11,14,16-17,20,26,31,33-34,37,40,42-47H2,1-2H3,(H4,84,85,87)(H,92,93,94);/q;+1/p-1/t48-,50+,55-,58+,59-,63-,66-,71+,72-,74+,75-,76+,79-,81-,82+,83-;/m1./s1. The maximum absolute atomic E-state index is 14.5. The molecule has 5 aliphatic heterocycles. The van der Waals surface area contributed by atoms with E-state index in [2.05, 4.69) is 109 Å². The third-order valence-electron chi connectivity index (χ3n) is 24.8. The number of aliphatic hydroxyl groups excluding tert-OH is 1. The molecule has 98 heavy (non-hydrogen) atoms. The maximum atomic E-state index is 14.5. The number of aryl methyl sites for hydroxylation is 2. The topological polar surface area (TPSA) is 233 Å². The van der Waals surface area contributed by atoms with E-state index in [1.807, 2.05) is 61.6 Å². The van der Waals surface area contributed by atoms with Crippen molar-refractivity contribution in [1.29, 1.82) is 0 Å². The van der Waals surface area contributed by atoms with Crippen molar-refractivity contribution in [2.45, 2.75) is 180 Å². The van der Waals surface area contributed by atoms with Gasteiger partial charge in [-0.25, -0.2) is 13.4 Å². The van der Waals surface area contributed by atoms with Gasteiger partial charge in [0.25, 0.3) is 0 Å². The SMILES string of the molecule is CNCc1cc2cccc3c2c2c1CCc1cc([C@H]4CCC[C@](O)([C@H](Cc5ccccc5)C[C@@]5(N=C(N)N)Oc6ccc7c(c6)CC[C@@H](C)[C@@H]7C[C@@H](S(=O)(=O)[O-])[C@H]6C=C7C[C@H](C[C@H]8C[C@@H](CO)CC#Cc9cc(O)ccc9[C@@H]7O8)[C@@H]6c6ccc5cc6)C4)ccc1[C@@]1(O)C=C[C@@H]3C[C@@H]21.[Na+]. The van der Waals surface area contributed by atoms with Gasteiger partial charge in [0.15, 0.2) is 5.96 Å². The normalized spacial score (nSPS) is 31.3. The second-order valence-electron chi connectivity index (χ2n) is 30.4. The quantitative estimate of drug-likeness (QED) is 0.0160. The van der Waals surface area contributed by atoms with Crippen molar-refractivity contribution in [2.24, 2.45) is 46.0 Å². The molecule has 18 rings (SSSR count). The van der Waals surface area contributed by atoms with E-state index in [9.17, 15) is 33.4 Å². The van der Waals surface area contributed by atoms with Crippen LogP contribution in [0.3, 0.4) is 0 Å². The van der Waals surface area contributed by atoms with Crippen LogP contribution >= 0.6 is 0 Å². The molecule has 9 N–H and O–H groups in total. The van der Waals surface area contributed by atoms with E-state index in [4.69, 9.17) is 25.9 Å². The number of fused-ring (bicyclic) bond motifs is 12. The summed E-state index contributed by atoms with van der Waals surface area (Å²) in [6.07, 6.45) is 14.8. The molecule has 1 saturated carbocycles. The number of nitrogens with zero attached hydrogens (tertiary/aromatic N) is 1. The van der Waals surface area contributed by atoms with E-state index < -0.39 is 56.2 Å². The summed E-state index contributed by atoms with van der Waals surface area (Å²) in [7, 11) is -2.97. The summed E-state index contributed by atoms with van der Waals surface area (Å²) >= 11 is 0. The molecule has 0 amide bonds. The zero-order valence-corrected chi connectivity index (χ0v) is 59.3. The molecule has 0 unspecified atom stereocenters. The van der Waals surface area contributed by atoms with E-state index >= 15 is 0 Å². The molecule has 7 aromatic rings. The molecule has 13 nitrogen and oxygen atoms in total. The molecule has 1 saturated heterocycles. The van der Waals surface area contributed by atoms with Gasteiger partial charge in [-0.15, -0.1) is 0 Å². The first kappa shape index (κ1) is 67.3. The number of aliphatic imine (C=N–C) groups is 1. The number of hydrogen-bond acceptors (Lipinski definition) is 11. The first-order valence-corrected chi connectivity index (χ1v) is 37.1. The fourth-order valence-corrected chi connectivity index (χ4v) is 21.3. The predicted octanol–water partition coefficient (Wildman–Crippen LogP) is 10.2. The minimum atomic E-state index is -4.98. The van der Waals surface area contributed by atoms with Gasteiger partial charge in [-0.2, -0.15) is 0 Å². The number of hydrogen-bond donors (Lipinski definition) is 7. The van der Waals surface area contributed by atoms with Crippen LogP contribution in [0, 0.1) is 41.4 Å². The Kier molecular flexibility index (Phi) is 18.1. The van der Waals surface area contributed by atoms with Crippen LogP contribution in [-0.4, -0.2) is 70.0 Å². The van der Waals surface area contributed by atoms with Crippen molar-refractivity contribution in [3.05, 3.63) is 235 Å². The fraction of sp³-hybridized carbons (Fsp3) is 0.434. The molecular formula is C83H89N4NaO9S. The number of aromatic hydroxyl groups is 1. The predicted molar refractivity (Wildman–Crippen MR) is 377 cm³/mol. The van der Waals surface area contributed by atoms with Crippen LogP contribution in [0.4, 0.5) is 0 Å². The average molecular weight is 1340 g/mol. The molecule has 11 aliphatic rings. The Balaban J connectivity index is 0.00000784. The molecule has 0 radical (unpaired) electrons. The second-order valence-corrected chi connectivity index (χ2v) is 32.0. The van der Waals surface area contributed by atoms with Crippen LogP contribution in [0.25, 0.3) is 10.8 Å². The van der Waals surface area contributed by atoms with Crippen molar-refractivity contribution in [1.82, 2.24) is 5.32 Å². The minimum Gasteiger partial charge on any atom is -0.748 e. The molecule has 7 aromatic carbocycles. The summed E-state index contributed by atoms with van der Waals surface area (Å²) in [6, 6.07) is 45.4. The number of benzene rings is 7. The zero-order chi connectivity index (χ0) is 66.7. The molecule has 16 atom stereocenters. The average Bonchev–Trinajstić information content (AvgIpc) is 0.792. The van der Waals surface area contributed by atoms with Gasteiger partial charge < -0.3 is 51.2 Å². The number of guanidine groups is 1. The number of nitrogens with one attached hydrogen (secondary N) is 1. The molecule has 6 aliphatic carbocycles. The number of ether oxygens (including phenoxy) is 2. The molecule has 5 heterocycles. The molecule has 502 valence electrons. The Labute approximate surface area is 598 Å². The van der Waals surface area contributed by atoms with Crippen LogP contribution < -0.4 is 51.1 Å². The van der Waals surface area contributed by atoms with Crippen molar-refractivity contribution in [2.75, 3.05) is 13.7 Å². The van der Waals surface area contributed by atoms with Crippen molar-refractivity contribution >= 4 is 26.9 Å². The van der Waals surface area contributed by atoms with E-state index in [0.29, 0.717) is 68.2 Å².